The number of ether oxygens (including phenoxy) is 1. The third-order valence-corrected chi connectivity index (χ3v) is 6.69. The topological polar surface area (TPSA) is 72.7 Å². The Labute approximate surface area is 221 Å². The van der Waals surface area contributed by atoms with Crippen molar-refractivity contribution in [2.24, 2.45) is 0 Å². The molecule has 1 heterocycles. The first-order valence-electron chi connectivity index (χ1n) is 9.81. The van der Waals surface area contributed by atoms with Crippen molar-refractivity contribution < 1.29 is 27.6 Å². The molecule has 1 aliphatic rings. The average molecular weight is 571 g/mol. The van der Waals surface area contributed by atoms with Crippen molar-refractivity contribution in [3.8, 4) is 11.5 Å². The highest BCUT2D eigenvalue weighted by Crippen LogP contribution is 2.42. The van der Waals surface area contributed by atoms with Gasteiger partial charge in [-0.05, 0) is 42.5 Å². The van der Waals surface area contributed by atoms with Crippen molar-refractivity contribution in [1.82, 2.24) is 0 Å². The van der Waals surface area contributed by atoms with Crippen LogP contribution < -0.4 is 9.64 Å². The van der Waals surface area contributed by atoms with Crippen molar-refractivity contribution in [3.05, 3.63) is 96.9 Å². The van der Waals surface area contributed by atoms with Crippen molar-refractivity contribution in [2.75, 3.05) is 4.90 Å². The van der Waals surface area contributed by atoms with E-state index < -0.39 is 34.0 Å². The van der Waals surface area contributed by atoms with Gasteiger partial charge in [-0.2, -0.15) is 13.2 Å². The third-order valence-electron chi connectivity index (χ3n) is 4.85. The van der Waals surface area contributed by atoms with E-state index >= 15 is 0 Å². The Morgan fingerprint density at radius 2 is 1.78 bits per heavy atom. The van der Waals surface area contributed by atoms with Crippen LogP contribution in [0.15, 0.2) is 65.6 Å². The number of para-hydroxylation sites is 1. The predicted molar refractivity (Wildman–Crippen MR) is 137 cm³/mol. The maximum absolute atomic E-state index is 13.1. The molecule has 0 aliphatic carbocycles. The number of thiocarbonyl (C=S) groups is 1. The lowest BCUT2D eigenvalue weighted by Gasteiger charge is -2.16. The molecule has 1 amide bonds. The number of hydrogen-bond donors (Lipinski definition) is 0. The number of hydrogen-bond acceptors (Lipinski definition) is 6. The average Bonchev–Trinajstić information content (AvgIpc) is 3.07. The molecule has 4 rings (SSSR count). The Kier molecular flexibility index (Phi) is 7.28. The minimum Gasteiger partial charge on any atom is -0.449 e. The second-order valence-electron chi connectivity index (χ2n) is 7.19. The van der Waals surface area contributed by atoms with Gasteiger partial charge in [0, 0.05) is 16.7 Å². The summed E-state index contributed by atoms with van der Waals surface area (Å²) in [5.74, 6) is -0.783. The molecule has 3 aromatic rings. The van der Waals surface area contributed by atoms with Crippen molar-refractivity contribution in [1.29, 1.82) is 0 Å². The largest absolute Gasteiger partial charge is 0.449 e. The lowest BCUT2D eigenvalue weighted by Crippen LogP contribution is -2.27. The fourth-order valence-corrected chi connectivity index (χ4v) is 4.98. The zero-order valence-corrected chi connectivity index (χ0v) is 20.7. The van der Waals surface area contributed by atoms with E-state index in [-0.39, 0.29) is 20.0 Å². The highest BCUT2D eigenvalue weighted by molar-refractivity contribution is 8.27. The molecule has 184 valence electrons. The predicted octanol–water partition coefficient (Wildman–Crippen LogP) is 8.12. The van der Waals surface area contributed by atoms with Crippen LogP contribution in [0.1, 0.15) is 11.1 Å². The molecular formula is C23H11Cl2F3N2O4S2. The summed E-state index contributed by atoms with van der Waals surface area (Å²) >= 11 is 18.5. The molecule has 0 saturated carbocycles. The number of carbonyl (C=O) groups is 1. The number of alkyl halides is 3. The SMILES string of the molecule is O=C1/C(=C/c2ccccc2Oc2ccc(C(F)(F)F)cc2[N+](=O)[O-])SC(=S)N1c1ccc(Cl)cc1Cl. The summed E-state index contributed by atoms with van der Waals surface area (Å²) in [7, 11) is 0. The Bertz CT molecular complexity index is 1450. The Hall–Kier alpha value is -3.12. The molecule has 0 bridgehead atoms. The molecule has 6 nitrogen and oxygen atoms in total. The number of thioether (sulfide) groups is 1. The molecule has 3 aromatic carbocycles. The van der Waals surface area contributed by atoms with Crippen LogP contribution in [-0.4, -0.2) is 15.2 Å². The van der Waals surface area contributed by atoms with Crippen LogP contribution in [0.5, 0.6) is 11.5 Å². The van der Waals surface area contributed by atoms with Crippen LogP contribution in [0.3, 0.4) is 0 Å². The van der Waals surface area contributed by atoms with Gasteiger partial charge in [0.15, 0.2) is 4.32 Å². The van der Waals surface area contributed by atoms with Gasteiger partial charge in [-0.3, -0.25) is 19.8 Å². The summed E-state index contributed by atoms with van der Waals surface area (Å²) in [5.41, 5.74) is -1.35. The summed E-state index contributed by atoms with van der Waals surface area (Å²) in [6.45, 7) is 0. The summed E-state index contributed by atoms with van der Waals surface area (Å²) in [4.78, 5) is 25.0. The number of amides is 1. The molecule has 0 N–H and O–H groups in total. The fourth-order valence-electron chi connectivity index (χ4n) is 3.21. The van der Waals surface area contributed by atoms with Gasteiger partial charge in [0.2, 0.25) is 5.75 Å². The van der Waals surface area contributed by atoms with Gasteiger partial charge in [0.25, 0.3) is 5.91 Å². The van der Waals surface area contributed by atoms with Crippen molar-refractivity contribution >= 4 is 74.9 Å². The summed E-state index contributed by atoms with van der Waals surface area (Å²) in [6.07, 6.45) is -3.29. The summed E-state index contributed by atoms with van der Waals surface area (Å²) in [5, 5.41) is 12.0. The monoisotopic (exact) mass is 570 g/mol. The van der Waals surface area contributed by atoms with E-state index in [4.69, 9.17) is 40.2 Å². The van der Waals surface area contributed by atoms with Gasteiger partial charge in [-0.15, -0.1) is 0 Å². The van der Waals surface area contributed by atoms with Crippen molar-refractivity contribution in [2.45, 2.75) is 6.18 Å². The van der Waals surface area contributed by atoms with Crippen molar-refractivity contribution in [3.63, 3.8) is 0 Å². The van der Waals surface area contributed by atoms with E-state index in [1.54, 1.807) is 30.3 Å². The molecule has 13 heteroatoms. The Morgan fingerprint density at radius 1 is 1.06 bits per heavy atom. The highest BCUT2D eigenvalue weighted by Gasteiger charge is 2.35. The fraction of sp³-hybridized carbons (Fsp3) is 0.0435. The quantitative estimate of drug-likeness (QED) is 0.133. The zero-order valence-electron chi connectivity index (χ0n) is 17.6. The summed E-state index contributed by atoms with van der Waals surface area (Å²) < 4.78 is 44.9. The van der Waals surface area contributed by atoms with Crippen LogP contribution in [-0.2, 0) is 11.0 Å². The number of nitrogens with zero attached hydrogens (tertiary/aromatic N) is 2. The maximum atomic E-state index is 13.1. The standard InChI is InChI=1S/C23H11Cl2F3N2O4S2/c24-14-6-7-16(15(25)11-14)29-21(31)20(36-22(29)35)9-12-3-1-2-4-18(12)34-19-8-5-13(23(26,27)28)10-17(19)30(32)33/h1-11H/b20-9-. The number of nitro groups is 1. The number of halogens is 5. The Balaban J connectivity index is 1.68. The van der Waals surface area contributed by atoms with Crippen LogP contribution in [0.4, 0.5) is 24.5 Å². The molecule has 36 heavy (non-hydrogen) atoms. The lowest BCUT2D eigenvalue weighted by molar-refractivity contribution is -0.385. The molecular weight excluding hydrogens is 560 g/mol. The number of anilines is 1. The van der Waals surface area contributed by atoms with Crippen LogP contribution in [0.2, 0.25) is 10.0 Å². The van der Waals surface area contributed by atoms with Gasteiger partial charge < -0.3 is 4.74 Å². The van der Waals surface area contributed by atoms with E-state index in [2.05, 4.69) is 0 Å². The van der Waals surface area contributed by atoms with Crippen LogP contribution in [0.25, 0.3) is 6.08 Å². The number of benzene rings is 3. The Morgan fingerprint density at radius 3 is 2.44 bits per heavy atom. The van der Waals surface area contributed by atoms with E-state index in [0.29, 0.717) is 28.4 Å². The van der Waals surface area contributed by atoms with E-state index in [0.717, 1.165) is 17.8 Å². The van der Waals surface area contributed by atoms with E-state index in [1.807, 2.05) is 0 Å². The first-order chi connectivity index (χ1) is 17.0. The summed E-state index contributed by atoms with van der Waals surface area (Å²) in [6, 6.07) is 12.8. The normalized spacial score (nSPS) is 15.0. The van der Waals surface area contributed by atoms with E-state index in [1.165, 1.54) is 23.1 Å². The van der Waals surface area contributed by atoms with Crippen LogP contribution >= 0.6 is 47.2 Å². The van der Waals surface area contributed by atoms with Crippen LogP contribution in [0, 0.1) is 10.1 Å². The van der Waals surface area contributed by atoms with Gasteiger partial charge in [-0.25, -0.2) is 0 Å². The highest BCUT2D eigenvalue weighted by atomic mass is 35.5. The van der Waals surface area contributed by atoms with Gasteiger partial charge in [0.05, 0.1) is 26.1 Å². The van der Waals surface area contributed by atoms with Gasteiger partial charge in [0.1, 0.15) is 5.75 Å². The minimum absolute atomic E-state index is 0.0788. The molecule has 0 radical (unpaired) electrons. The number of rotatable bonds is 5. The first kappa shape index (κ1) is 26.0. The lowest BCUT2D eigenvalue weighted by atomic mass is 10.1. The number of nitro benzene ring substituents is 1. The minimum atomic E-state index is -4.76. The zero-order chi connectivity index (χ0) is 26.2. The molecule has 0 atom stereocenters. The smallest absolute Gasteiger partial charge is 0.416 e. The second kappa shape index (κ2) is 10.1. The molecule has 0 spiro atoms. The van der Waals surface area contributed by atoms with Gasteiger partial charge >= 0.3 is 11.9 Å². The molecule has 0 unspecified atom stereocenters. The first-order valence-corrected chi connectivity index (χ1v) is 11.8. The maximum Gasteiger partial charge on any atom is 0.416 e. The molecule has 1 aliphatic heterocycles. The van der Waals surface area contributed by atoms with Gasteiger partial charge in [-0.1, -0.05) is 65.4 Å². The number of carbonyl (C=O) groups excluding carboxylic acids is 1. The molecule has 1 fully saturated rings. The third kappa shape index (κ3) is 5.34. The molecule has 0 aromatic heterocycles. The molecule has 1 saturated heterocycles. The second-order valence-corrected chi connectivity index (χ2v) is 9.71. The van der Waals surface area contributed by atoms with E-state index in [9.17, 15) is 28.1 Å².